The van der Waals surface area contributed by atoms with Gasteiger partial charge in [-0.1, -0.05) is 54.6 Å². The molecule has 2 N–H and O–H groups in total. The standard InChI is InChI=1S/C18H16O5/c1-18(16(20)21,17(22)23)11-13-9-5-6-10-14(13)15(19)12-7-3-2-4-8-12/h2-10H,11H2,1H3,(H,20,21)(H,22,23). The van der Waals surface area contributed by atoms with Gasteiger partial charge < -0.3 is 10.2 Å². The number of hydrogen-bond donors (Lipinski definition) is 2. The molecule has 5 heteroatoms. The van der Waals surface area contributed by atoms with E-state index in [4.69, 9.17) is 0 Å². The minimum absolute atomic E-state index is 0.265. The van der Waals surface area contributed by atoms with Gasteiger partial charge in [-0.25, -0.2) is 0 Å². The zero-order valence-electron chi connectivity index (χ0n) is 12.5. The number of aliphatic carboxylic acids is 2. The van der Waals surface area contributed by atoms with Crippen LogP contribution in [0.4, 0.5) is 0 Å². The molecule has 0 saturated carbocycles. The zero-order chi connectivity index (χ0) is 17.0. The third-order valence-corrected chi connectivity index (χ3v) is 3.79. The van der Waals surface area contributed by atoms with Gasteiger partial charge in [-0.15, -0.1) is 0 Å². The number of rotatable bonds is 6. The maximum atomic E-state index is 12.6. The van der Waals surface area contributed by atoms with Gasteiger partial charge in [-0.2, -0.15) is 0 Å². The van der Waals surface area contributed by atoms with Crippen molar-refractivity contribution in [3.63, 3.8) is 0 Å². The van der Waals surface area contributed by atoms with Crippen LogP contribution in [0, 0.1) is 5.41 Å². The second-order valence-electron chi connectivity index (χ2n) is 5.47. The Morgan fingerprint density at radius 3 is 1.96 bits per heavy atom. The van der Waals surface area contributed by atoms with E-state index in [1.165, 1.54) is 0 Å². The molecule has 0 spiro atoms. The number of carboxylic acid groups (broad SMARTS) is 2. The first-order valence-corrected chi connectivity index (χ1v) is 7.00. The van der Waals surface area contributed by atoms with Crippen molar-refractivity contribution in [2.75, 3.05) is 0 Å². The van der Waals surface area contributed by atoms with Gasteiger partial charge in [0.1, 0.15) is 0 Å². The molecule has 0 amide bonds. The molecule has 0 bridgehead atoms. The third kappa shape index (κ3) is 3.29. The lowest BCUT2D eigenvalue weighted by Crippen LogP contribution is -2.38. The number of carbonyl (C=O) groups is 3. The minimum Gasteiger partial charge on any atom is -0.480 e. The summed E-state index contributed by atoms with van der Waals surface area (Å²) in [4.78, 5) is 35.3. The lowest BCUT2D eigenvalue weighted by Gasteiger charge is -2.21. The summed E-state index contributed by atoms with van der Waals surface area (Å²) in [6.07, 6.45) is -0.271. The smallest absolute Gasteiger partial charge is 0.321 e. The van der Waals surface area contributed by atoms with Crippen LogP contribution in [0.15, 0.2) is 54.6 Å². The highest BCUT2D eigenvalue weighted by Gasteiger charge is 2.42. The summed E-state index contributed by atoms with van der Waals surface area (Å²) < 4.78 is 0. The predicted octanol–water partition coefficient (Wildman–Crippen LogP) is 2.64. The first-order valence-electron chi connectivity index (χ1n) is 7.00. The first kappa shape index (κ1) is 16.4. The summed E-state index contributed by atoms with van der Waals surface area (Å²) in [5, 5.41) is 18.5. The van der Waals surface area contributed by atoms with Gasteiger partial charge in [0.05, 0.1) is 0 Å². The number of ketones is 1. The van der Waals surface area contributed by atoms with Crippen molar-refractivity contribution in [2.24, 2.45) is 5.41 Å². The summed E-state index contributed by atoms with van der Waals surface area (Å²) in [6, 6.07) is 15.0. The van der Waals surface area contributed by atoms with Crippen molar-refractivity contribution in [3.8, 4) is 0 Å². The zero-order valence-corrected chi connectivity index (χ0v) is 12.5. The van der Waals surface area contributed by atoms with Crippen LogP contribution in [-0.2, 0) is 16.0 Å². The summed E-state index contributed by atoms with van der Waals surface area (Å²) in [6.45, 7) is 1.14. The molecule has 0 aliphatic heterocycles. The van der Waals surface area contributed by atoms with Crippen LogP contribution < -0.4 is 0 Å². The molecule has 5 nitrogen and oxygen atoms in total. The predicted molar refractivity (Wildman–Crippen MR) is 83.4 cm³/mol. The normalized spacial score (nSPS) is 11.0. The van der Waals surface area contributed by atoms with Crippen molar-refractivity contribution < 1.29 is 24.6 Å². The van der Waals surface area contributed by atoms with Crippen LogP contribution >= 0.6 is 0 Å². The molecule has 0 heterocycles. The molecule has 0 radical (unpaired) electrons. The van der Waals surface area contributed by atoms with E-state index in [0.717, 1.165) is 6.92 Å². The number of benzene rings is 2. The van der Waals surface area contributed by atoms with Crippen LogP contribution in [0.25, 0.3) is 0 Å². The van der Waals surface area contributed by atoms with E-state index in [0.29, 0.717) is 16.7 Å². The van der Waals surface area contributed by atoms with E-state index >= 15 is 0 Å². The monoisotopic (exact) mass is 312 g/mol. The molecule has 0 unspecified atom stereocenters. The lowest BCUT2D eigenvalue weighted by molar-refractivity contribution is -0.163. The van der Waals surface area contributed by atoms with Gasteiger partial charge in [0.2, 0.25) is 0 Å². The summed E-state index contributed by atoms with van der Waals surface area (Å²) in [5.74, 6) is -3.14. The fourth-order valence-corrected chi connectivity index (χ4v) is 2.26. The van der Waals surface area contributed by atoms with Crippen molar-refractivity contribution in [1.29, 1.82) is 0 Å². The van der Waals surface area contributed by atoms with Crippen molar-refractivity contribution in [3.05, 3.63) is 71.3 Å². The molecule has 118 valence electrons. The highest BCUT2D eigenvalue weighted by molar-refractivity contribution is 6.10. The Balaban J connectivity index is 2.44. The largest absolute Gasteiger partial charge is 0.480 e. The third-order valence-electron chi connectivity index (χ3n) is 3.79. The van der Waals surface area contributed by atoms with E-state index in [2.05, 4.69) is 0 Å². The topological polar surface area (TPSA) is 91.7 Å². The Hall–Kier alpha value is -2.95. The van der Waals surface area contributed by atoms with Gasteiger partial charge in [0, 0.05) is 11.1 Å². The Morgan fingerprint density at radius 1 is 0.870 bits per heavy atom. The molecular weight excluding hydrogens is 296 g/mol. The maximum Gasteiger partial charge on any atom is 0.321 e. The molecule has 0 atom stereocenters. The number of carbonyl (C=O) groups excluding carboxylic acids is 1. The molecule has 0 aromatic heterocycles. The average molecular weight is 312 g/mol. The Morgan fingerprint density at radius 2 is 1.39 bits per heavy atom. The second kappa shape index (κ2) is 6.44. The van der Waals surface area contributed by atoms with Crippen LogP contribution in [0.3, 0.4) is 0 Å². The highest BCUT2D eigenvalue weighted by Crippen LogP contribution is 2.26. The molecule has 2 aromatic rings. The number of hydrogen-bond acceptors (Lipinski definition) is 3. The summed E-state index contributed by atoms with van der Waals surface area (Å²) >= 11 is 0. The molecule has 2 aromatic carbocycles. The van der Waals surface area contributed by atoms with Crippen molar-refractivity contribution in [2.45, 2.75) is 13.3 Å². The van der Waals surface area contributed by atoms with E-state index in [1.807, 2.05) is 0 Å². The Labute approximate surface area is 133 Å². The van der Waals surface area contributed by atoms with Crippen LogP contribution in [-0.4, -0.2) is 27.9 Å². The van der Waals surface area contributed by atoms with Gasteiger partial charge in [0.25, 0.3) is 0 Å². The van der Waals surface area contributed by atoms with Gasteiger partial charge in [-0.3, -0.25) is 14.4 Å². The SMILES string of the molecule is CC(Cc1ccccc1C(=O)c1ccccc1)(C(=O)O)C(=O)O. The first-order chi connectivity index (χ1) is 10.9. The maximum absolute atomic E-state index is 12.6. The Bertz CT molecular complexity index is 735. The Kier molecular flexibility index (Phi) is 4.60. The quantitative estimate of drug-likeness (QED) is 0.632. The lowest BCUT2D eigenvalue weighted by atomic mass is 9.81. The fraction of sp³-hybridized carbons (Fsp3) is 0.167. The van der Waals surface area contributed by atoms with Gasteiger partial charge in [-0.05, 0) is 18.9 Å². The molecule has 2 rings (SSSR count). The summed E-state index contributed by atoms with van der Waals surface area (Å²) in [5.41, 5.74) is -0.819. The van der Waals surface area contributed by atoms with Crippen LogP contribution in [0.1, 0.15) is 28.4 Å². The highest BCUT2D eigenvalue weighted by atomic mass is 16.4. The molecule has 0 saturated heterocycles. The van der Waals surface area contributed by atoms with E-state index in [9.17, 15) is 24.6 Å². The van der Waals surface area contributed by atoms with E-state index in [1.54, 1.807) is 54.6 Å². The van der Waals surface area contributed by atoms with Crippen LogP contribution in [0.5, 0.6) is 0 Å². The number of carboxylic acids is 2. The van der Waals surface area contributed by atoms with E-state index in [-0.39, 0.29) is 12.2 Å². The molecule has 0 aliphatic rings. The fourth-order valence-electron chi connectivity index (χ4n) is 2.26. The summed E-state index contributed by atoms with van der Waals surface area (Å²) in [7, 11) is 0. The molecular formula is C18H16O5. The van der Waals surface area contributed by atoms with E-state index < -0.39 is 17.4 Å². The van der Waals surface area contributed by atoms with Crippen LogP contribution in [0.2, 0.25) is 0 Å². The molecule has 23 heavy (non-hydrogen) atoms. The van der Waals surface area contributed by atoms with Gasteiger partial charge in [0.15, 0.2) is 11.2 Å². The molecule has 0 fully saturated rings. The van der Waals surface area contributed by atoms with Crippen molar-refractivity contribution >= 4 is 17.7 Å². The van der Waals surface area contributed by atoms with Crippen molar-refractivity contribution in [1.82, 2.24) is 0 Å². The second-order valence-corrected chi connectivity index (χ2v) is 5.47. The average Bonchev–Trinajstić information content (AvgIpc) is 2.55. The van der Waals surface area contributed by atoms with Gasteiger partial charge >= 0.3 is 11.9 Å². The molecule has 0 aliphatic carbocycles. The minimum atomic E-state index is -1.99.